The Bertz CT molecular complexity index is 1030. The number of fused-ring (bicyclic) bond motifs is 1. The molecule has 3 aromatic rings. The van der Waals surface area contributed by atoms with Crippen LogP contribution in [0.25, 0.3) is 23.1 Å². The molecule has 0 unspecified atom stereocenters. The van der Waals surface area contributed by atoms with E-state index in [1.54, 1.807) is 25.1 Å². The number of phenolic OH excluding ortho intramolecular Hbond substituents is 3. The second-order valence-electron chi connectivity index (χ2n) is 5.30. The van der Waals surface area contributed by atoms with E-state index in [9.17, 15) is 20.1 Å². The van der Waals surface area contributed by atoms with Gasteiger partial charge in [0.15, 0.2) is 5.43 Å². The first-order valence-corrected chi connectivity index (χ1v) is 7.40. The molecule has 0 radical (unpaired) electrons. The Labute approximate surface area is 141 Å². The smallest absolute Gasteiger partial charge is 0.197 e. The molecule has 0 bridgehead atoms. The van der Waals surface area contributed by atoms with Crippen LogP contribution < -0.4 is 5.43 Å². The zero-order valence-corrected chi connectivity index (χ0v) is 13.3. The molecule has 0 saturated carbocycles. The maximum atomic E-state index is 12.2. The van der Waals surface area contributed by atoms with E-state index >= 15 is 0 Å². The van der Waals surface area contributed by atoms with Gasteiger partial charge in [-0.25, -0.2) is 0 Å². The molecular weight excluding hydrogens is 332 g/mol. The SMILES string of the molecule is Cc1c(O)cc(O)c2c(=O)cc(/C=C/c3ccc(O)cc3Cl)oc12. The van der Waals surface area contributed by atoms with Crippen molar-refractivity contribution in [3.63, 3.8) is 0 Å². The molecule has 6 heteroatoms. The molecule has 3 N–H and O–H groups in total. The first kappa shape index (κ1) is 16.0. The lowest BCUT2D eigenvalue weighted by atomic mass is 10.1. The standard InChI is InChI=1S/C18H13ClO5/c1-9-14(21)8-16(23)17-15(22)7-12(24-18(9)17)5-3-10-2-4-11(20)6-13(10)19/h2-8,20-21,23H,1H3/b5-3+. The predicted octanol–water partition coefficient (Wildman–Crippen LogP) is 4.04. The summed E-state index contributed by atoms with van der Waals surface area (Å²) in [6, 6.07) is 6.86. The van der Waals surface area contributed by atoms with Crippen molar-refractivity contribution in [2.45, 2.75) is 6.92 Å². The summed E-state index contributed by atoms with van der Waals surface area (Å²) in [6.45, 7) is 1.59. The van der Waals surface area contributed by atoms with Crippen LogP contribution >= 0.6 is 11.6 Å². The van der Waals surface area contributed by atoms with Gasteiger partial charge in [0.25, 0.3) is 0 Å². The van der Waals surface area contributed by atoms with Gasteiger partial charge < -0.3 is 19.7 Å². The second kappa shape index (κ2) is 5.94. The first-order valence-electron chi connectivity index (χ1n) is 7.03. The van der Waals surface area contributed by atoms with Crippen LogP contribution in [0.2, 0.25) is 5.02 Å². The van der Waals surface area contributed by atoms with Crippen LogP contribution in [-0.2, 0) is 0 Å². The summed E-state index contributed by atoms with van der Waals surface area (Å²) >= 11 is 6.02. The van der Waals surface area contributed by atoms with Crippen LogP contribution in [0.4, 0.5) is 0 Å². The first-order chi connectivity index (χ1) is 11.4. The van der Waals surface area contributed by atoms with Gasteiger partial charge >= 0.3 is 0 Å². The van der Waals surface area contributed by atoms with Gasteiger partial charge in [-0.3, -0.25) is 4.79 Å². The van der Waals surface area contributed by atoms with E-state index in [1.165, 1.54) is 18.2 Å². The van der Waals surface area contributed by atoms with Crippen molar-refractivity contribution >= 4 is 34.7 Å². The molecule has 0 spiro atoms. The molecule has 0 aliphatic carbocycles. The fraction of sp³-hybridized carbons (Fsp3) is 0.0556. The molecule has 2 aromatic carbocycles. The van der Waals surface area contributed by atoms with Crippen LogP contribution in [0.15, 0.2) is 39.5 Å². The average Bonchev–Trinajstić information content (AvgIpc) is 2.51. The summed E-state index contributed by atoms with van der Waals surface area (Å²) in [5.41, 5.74) is 0.690. The lowest BCUT2D eigenvalue weighted by Crippen LogP contribution is -2.01. The van der Waals surface area contributed by atoms with Crippen LogP contribution in [0, 0.1) is 6.92 Å². The predicted molar refractivity (Wildman–Crippen MR) is 92.6 cm³/mol. The van der Waals surface area contributed by atoms with Crippen LogP contribution in [-0.4, -0.2) is 15.3 Å². The number of benzene rings is 2. The second-order valence-corrected chi connectivity index (χ2v) is 5.70. The fourth-order valence-corrected chi connectivity index (χ4v) is 2.59. The van der Waals surface area contributed by atoms with Crippen molar-refractivity contribution in [2.24, 2.45) is 0 Å². The Kier molecular flexibility index (Phi) is 3.95. The van der Waals surface area contributed by atoms with Gasteiger partial charge in [0, 0.05) is 17.7 Å². The molecule has 24 heavy (non-hydrogen) atoms. The summed E-state index contributed by atoms with van der Waals surface area (Å²) < 4.78 is 5.62. The van der Waals surface area contributed by atoms with Gasteiger partial charge in [0.2, 0.25) is 0 Å². The number of aryl methyl sites for hydroxylation is 1. The molecular formula is C18H13ClO5. The highest BCUT2D eigenvalue weighted by Crippen LogP contribution is 2.32. The van der Waals surface area contributed by atoms with Crippen molar-refractivity contribution in [2.75, 3.05) is 0 Å². The Morgan fingerprint density at radius 2 is 1.79 bits per heavy atom. The minimum absolute atomic E-state index is 0.0186. The quantitative estimate of drug-likeness (QED) is 0.652. The van der Waals surface area contributed by atoms with E-state index in [4.69, 9.17) is 16.0 Å². The van der Waals surface area contributed by atoms with Crippen molar-refractivity contribution in [1.82, 2.24) is 0 Å². The highest BCUT2D eigenvalue weighted by molar-refractivity contribution is 6.32. The maximum Gasteiger partial charge on any atom is 0.197 e. The highest BCUT2D eigenvalue weighted by Gasteiger charge is 2.14. The highest BCUT2D eigenvalue weighted by atomic mass is 35.5. The zero-order chi connectivity index (χ0) is 17.4. The molecule has 0 fully saturated rings. The van der Waals surface area contributed by atoms with Crippen LogP contribution in [0.1, 0.15) is 16.9 Å². The summed E-state index contributed by atoms with van der Waals surface area (Å²) in [7, 11) is 0. The minimum atomic E-state index is -0.423. The van der Waals surface area contributed by atoms with Gasteiger partial charge in [0.05, 0.1) is 5.02 Å². The van der Waals surface area contributed by atoms with E-state index in [-0.39, 0.29) is 34.0 Å². The number of hydrogen-bond donors (Lipinski definition) is 3. The lowest BCUT2D eigenvalue weighted by molar-refractivity contribution is 0.448. The number of aromatic hydroxyl groups is 3. The maximum absolute atomic E-state index is 12.2. The molecule has 0 aliphatic rings. The van der Waals surface area contributed by atoms with Crippen LogP contribution in [0.3, 0.4) is 0 Å². The Morgan fingerprint density at radius 3 is 2.50 bits per heavy atom. The molecule has 0 atom stereocenters. The van der Waals surface area contributed by atoms with Gasteiger partial charge in [-0.15, -0.1) is 0 Å². The third-order valence-corrected chi connectivity index (χ3v) is 3.96. The summed E-state index contributed by atoms with van der Waals surface area (Å²) in [6.07, 6.45) is 3.17. The van der Waals surface area contributed by atoms with Gasteiger partial charge in [-0.2, -0.15) is 0 Å². The molecule has 1 aromatic heterocycles. The molecule has 3 rings (SSSR count). The van der Waals surface area contributed by atoms with Crippen molar-refractivity contribution in [1.29, 1.82) is 0 Å². The Balaban J connectivity index is 2.12. The van der Waals surface area contributed by atoms with E-state index in [0.29, 0.717) is 16.1 Å². The molecule has 122 valence electrons. The van der Waals surface area contributed by atoms with E-state index in [1.807, 2.05) is 0 Å². The van der Waals surface area contributed by atoms with Crippen molar-refractivity contribution in [3.8, 4) is 17.2 Å². The van der Waals surface area contributed by atoms with E-state index in [2.05, 4.69) is 0 Å². The minimum Gasteiger partial charge on any atom is -0.508 e. The molecule has 5 nitrogen and oxygen atoms in total. The Morgan fingerprint density at radius 1 is 1.04 bits per heavy atom. The largest absolute Gasteiger partial charge is 0.508 e. The number of halogens is 1. The topological polar surface area (TPSA) is 90.9 Å². The average molecular weight is 345 g/mol. The number of hydrogen-bond acceptors (Lipinski definition) is 5. The summed E-state index contributed by atoms with van der Waals surface area (Å²) in [5.74, 6) is -0.203. The van der Waals surface area contributed by atoms with Crippen molar-refractivity contribution < 1.29 is 19.7 Å². The van der Waals surface area contributed by atoms with Gasteiger partial charge in [-0.1, -0.05) is 11.6 Å². The van der Waals surface area contributed by atoms with Crippen molar-refractivity contribution in [3.05, 3.63) is 62.5 Å². The molecule has 0 amide bonds. The third-order valence-electron chi connectivity index (χ3n) is 3.63. The fourth-order valence-electron chi connectivity index (χ4n) is 2.35. The van der Waals surface area contributed by atoms with E-state index in [0.717, 1.165) is 6.07 Å². The Hall–Kier alpha value is -2.92. The molecule has 0 aliphatic heterocycles. The number of phenols is 3. The summed E-state index contributed by atoms with van der Waals surface area (Å²) in [5, 5.41) is 29.3. The zero-order valence-electron chi connectivity index (χ0n) is 12.6. The monoisotopic (exact) mass is 344 g/mol. The van der Waals surface area contributed by atoms with Gasteiger partial charge in [-0.05, 0) is 42.8 Å². The normalized spacial score (nSPS) is 11.4. The lowest BCUT2D eigenvalue weighted by Gasteiger charge is -2.06. The summed E-state index contributed by atoms with van der Waals surface area (Å²) in [4.78, 5) is 12.2. The third kappa shape index (κ3) is 2.81. The molecule has 0 saturated heterocycles. The van der Waals surface area contributed by atoms with E-state index < -0.39 is 5.43 Å². The van der Waals surface area contributed by atoms with Gasteiger partial charge in [0.1, 0.15) is 34.0 Å². The van der Waals surface area contributed by atoms with Crippen LogP contribution in [0.5, 0.6) is 17.2 Å². The number of rotatable bonds is 2. The molecule has 1 heterocycles.